The third-order valence-corrected chi connectivity index (χ3v) is 2.02. The molecular weight excluding hydrogens is 276 g/mol. The van der Waals surface area contributed by atoms with E-state index in [0.717, 1.165) is 18.4 Å². The molecule has 0 saturated carbocycles. The van der Waals surface area contributed by atoms with Gasteiger partial charge in [0.1, 0.15) is 11.6 Å². The summed E-state index contributed by atoms with van der Waals surface area (Å²) in [5.41, 5.74) is -0.338. The van der Waals surface area contributed by atoms with E-state index in [-0.39, 0.29) is 5.56 Å². The number of hydrogen-bond donors (Lipinski definition) is 0. The topological polar surface area (TPSA) is 43.4 Å². The van der Waals surface area contributed by atoms with Crippen molar-refractivity contribution in [2.75, 3.05) is 6.26 Å². The summed E-state index contributed by atoms with van der Waals surface area (Å²) in [5.74, 6) is 0.144. The summed E-state index contributed by atoms with van der Waals surface area (Å²) in [6.07, 6.45) is -4.11. The van der Waals surface area contributed by atoms with Gasteiger partial charge in [-0.3, -0.25) is 0 Å². The number of ether oxygens (including phenoxy) is 1. The highest BCUT2D eigenvalue weighted by atomic mass is 32.2. The van der Waals surface area contributed by atoms with E-state index in [1.807, 2.05) is 5.92 Å². The van der Waals surface area contributed by atoms with Gasteiger partial charge in [-0.25, -0.2) is 12.8 Å². The Balaban J connectivity index is 3.03. The van der Waals surface area contributed by atoms with Gasteiger partial charge < -0.3 is 4.74 Å². The minimum atomic E-state index is -4.92. The smallest absolute Gasteiger partial charge is 0.406 e. The van der Waals surface area contributed by atoms with Crippen LogP contribution in [0.15, 0.2) is 18.2 Å². The quantitative estimate of drug-likeness (QED) is 0.585. The Morgan fingerprint density at radius 2 is 1.89 bits per heavy atom. The molecule has 1 rings (SSSR count). The largest absolute Gasteiger partial charge is 0.573 e. The summed E-state index contributed by atoms with van der Waals surface area (Å²) in [5, 5.41) is 1.77. The Morgan fingerprint density at radius 3 is 2.33 bits per heavy atom. The number of rotatable bonds is 1. The highest BCUT2D eigenvalue weighted by Gasteiger charge is 2.31. The fourth-order valence-electron chi connectivity index (χ4n) is 0.942. The van der Waals surface area contributed by atoms with Gasteiger partial charge in [0.05, 0.1) is 11.8 Å². The van der Waals surface area contributed by atoms with Crippen LogP contribution in [0.5, 0.6) is 5.75 Å². The standard InChI is InChI=1S/C10H6F4O3S/c1-18(15,16)5-4-7-2-3-8(6-9(7)11)17-10(12,13)14/h2-3,6H,1H3. The van der Waals surface area contributed by atoms with E-state index in [4.69, 9.17) is 0 Å². The van der Waals surface area contributed by atoms with Crippen LogP contribution in [0.2, 0.25) is 0 Å². The van der Waals surface area contributed by atoms with Gasteiger partial charge in [-0.1, -0.05) is 0 Å². The summed E-state index contributed by atoms with van der Waals surface area (Å²) in [6.45, 7) is 0. The van der Waals surface area contributed by atoms with Gasteiger partial charge >= 0.3 is 6.36 Å². The molecule has 0 fully saturated rings. The van der Waals surface area contributed by atoms with Gasteiger partial charge in [0, 0.05) is 11.3 Å². The Labute approximate surface area is 100 Å². The van der Waals surface area contributed by atoms with E-state index in [1.54, 1.807) is 5.25 Å². The maximum atomic E-state index is 13.3. The van der Waals surface area contributed by atoms with Crippen molar-refractivity contribution in [1.29, 1.82) is 0 Å². The van der Waals surface area contributed by atoms with Crippen molar-refractivity contribution in [3.63, 3.8) is 0 Å². The summed E-state index contributed by atoms with van der Waals surface area (Å²) in [7, 11) is -3.62. The molecule has 8 heteroatoms. The van der Waals surface area contributed by atoms with Crippen LogP contribution >= 0.6 is 0 Å². The van der Waals surface area contributed by atoms with Crippen molar-refractivity contribution in [2.45, 2.75) is 6.36 Å². The summed E-state index contributed by atoms with van der Waals surface area (Å²) in [6, 6.07) is 2.21. The molecule has 0 aromatic heterocycles. The summed E-state index contributed by atoms with van der Waals surface area (Å²) in [4.78, 5) is 0. The first-order valence-corrected chi connectivity index (χ1v) is 6.24. The maximum Gasteiger partial charge on any atom is 0.573 e. The molecule has 0 atom stereocenters. The lowest BCUT2D eigenvalue weighted by Crippen LogP contribution is -2.17. The van der Waals surface area contributed by atoms with Crippen LogP contribution in [0.1, 0.15) is 5.56 Å². The van der Waals surface area contributed by atoms with E-state index in [0.29, 0.717) is 6.07 Å². The predicted octanol–water partition coefficient (Wildman–Crippen LogP) is 2.08. The predicted molar refractivity (Wildman–Crippen MR) is 54.8 cm³/mol. The SMILES string of the molecule is CS(=O)(=O)C#Cc1ccc(OC(F)(F)F)cc1F. The molecule has 18 heavy (non-hydrogen) atoms. The Bertz CT molecular complexity index is 608. The second kappa shape index (κ2) is 4.86. The number of benzene rings is 1. The molecule has 0 saturated heterocycles. The molecule has 1 aromatic carbocycles. The van der Waals surface area contributed by atoms with Crippen molar-refractivity contribution in [3.05, 3.63) is 29.6 Å². The molecule has 0 aliphatic rings. The van der Waals surface area contributed by atoms with Gasteiger partial charge in [0.2, 0.25) is 9.84 Å². The molecule has 98 valence electrons. The highest BCUT2D eigenvalue weighted by Crippen LogP contribution is 2.24. The number of halogens is 4. The maximum absolute atomic E-state index is 13.3. The van der Waals surface area contributed by atoms with Gasteiger partial charge in [-0.15, -0.1) is 13.2 Å². The van der Waals surface area contributed by atoms with Crippen molar-refractivity contribution in [2.24, 2.45) is 0 Å². The second-order valence-corrected chi connectivity index (χ2v) is 4.94. The molecule has 0 aliphatic carbocycles. The molecule has 0 N–H and O–H groups in total. The molecular formula is C10H6F4O3S. The molecule has 0 bridgehead atoms. The van der Waals surface area contributed by atoms with Gasteiger partial charge in [-0.05, 0) is 18.1 Å². The van der Waals surface area contributed by atoms with Crippen molar-refractivity contribution < 1.29 is 30.7 Å². The normalized spacial score (nSPS) is 11.6. The van der Waals surface area contributed by atoms with Gasteiger partial charge in [-0.2, -0.15) is 0 Å². The molecule has 0 unspecified atom stereocenters. The zero-order valence-electron chi connectivity index (χ0n) is 8.88. The first-order chi connectivity index (χ1) is 8.07. The Morgan fingerprint density at radius 1 is 1.28 bits per heavy atom. The minimum Gasteiger partial charge on any atom is -0.406 e. The Hall–Kier alpha value is -1.75. The number of alkyl halides is 3. The molecule has 0 heterocycles. The van der Waals surface area contributed by atoms with Crippen LogP contribution in [-0.2, 0) is 9.84 Å². The van der Waals surface area contributed by atoms with Crippen molar-refractivity contribution in [3.8, 4) is 16.9 Å². The molecule has 3 nitrogen and oxygen atoms in total. The van der Waals surface area contributed by atoms with E-state index >= 15 is 0 Å². The Kier molecular flexibility index (Phi) is 3.86. The first kappa shape index (κ1) is 14.3. The lowest BCUT2D eigenvalue weighted by Gasteiger charge is -2.08. The number of hydrogen-bond acceptors (Lipinski definition) is 3. The first-order valence-electron chi connectivity index (χ1n) is 4.35. The lowest BCUT2D eigenvalue weighted by atomic mass is 10.2. The van der Waals surface area contributed by atoms with Crippen LogP contribution in [0, 0.1) is 17.0 Å². The fourth-order valence-corrected chi connectivity index (χ4v) is 1.24. The summed E-state index contributed by atoms with van der Waals surface area (Å²) < 4.78 is 73.6. The van der Waals surface area contributed by atoms with Crippen LogP contribution < -0.4 is 4.74 Å². The second-order valence-electron chi connectivity index (χ2n) is 3.19. The third-order valence-electron chi connectivity index (χ3n) is 1.55. The zero-order valence-corrected chi connectivity index (χ0v) is 9.69. The molecule has 1 aromatic rings. The fraction of sp³-hybridized carbons (Fsp3) is 0.200. The molecule has 0 radical (unpaired) electrons. The summed E-state index contributed by atoms with van der Waals surface area (Å²) >= 11 is 0. The van der Waals surface area contributed by atoms with E-state index in [2.05, 4.69) is 4.74 Å². The minimum absolute atomic E-state index is 0.338. The van der Waals surface area contributed by atoms with E-state index in [1.165, 1.54) is 0 Å². The van der Waals surface area contributed by atoms with Crippen LogP contribution in [0.4, 0.5) is 17.6 Å². The monoisotopic (exact) mass is 282 g/mol. The molecule has 0 spiro atoms. The van der Waals surface area contributed by atoms with Crippen molar-refractivity contribution in [1.82, 2.24) is 0 Å². The lowest BCUT2D eigenvalue weighted by molar-refractivity contribution is -0.274. The number of sulfone groups is 1. The highest BCUT2D eigenvalue weighted by molar-refractivity contribution is 7.95. The van der Waals surface area contributed by atoms with Crippen LogP contribution in [-0.4, -0.2) is 21.0 Å². The van der Waals surface area contributed by atoms with Crippen LogP contribution in [0.25, 0.3) is 0 Å². The van der Waals surface area contributed by atoms with Crippen LogP contribution in [0.3, 0.4) is 0 Å². The average molecular weight is 282 g/mol. The average Bonchev–Trinajstić information content (AvgIpc) is 2.12. The van der Waals surface area contributed by atoms with Gasteiger partial charge in [0.25, 0.3) is 0 Å². The third kappa shape index (κ3) is 5.05. The van der Waals surface area contributed by atoms with Crippen molar-refractivity contribution >= 4 is 9.84 Å². The van der Waals surface area contributed by atoms with Gasteiger partial charge in [0.15, 0.2) is 0 Å². The van der Waals surface area contributed by atoms with E-state index < -0.39 is 27.8 Å². The van der Waals surface area contributed by atoms with E-state index in [9.17, 15) is 26.0 Å². The molecule has 0 amide bonds. The zero-order chi connectivity index (χ0) is 14.0. The molecule has 0 aliphatic heterocycles.